The topological polar surface area (TPSA) is 55.4 Å². The van der Waals surface area contributed by atoms with Crippen LogP contribution in [0.5, 0.6) is 0 Å². The summed E-state index contributed by atoms with van der Waals surface area (Å²) in [4.78, 5) is 24.7. The summed E-state index contributed by atoms with van der Waals surface area (Å²) in [5.74, 6) is -0.713. The number of benzene rings is 2. The second-order valence-electron chi connectivity index (χ2n) is 5.76. The molecule has 1 N–H and O–H groups in total. The molecule has 1 amide bonds. The van der Waals surface area contributed by atoms with Crippen molar-refractivity contribution in [1.29, 1.82) is 0 Å². The van der Waals surface area contributed by atoms with Gasteiger partial charge in [-0.05, 0) is 28.1 Å². The number of ether oxygens (including phenoxy) is 1. The third-order valence-corrected chi connectivity index (χ3v) is 4.69. The van der Waals surface area contributed by atoms with Gasteiger partial charge in [-0.3, -0.25) is 9.59 Å². The van der Waals surface area contributed by atoms with E-state index in [-0.39, 0.29) is 18.9 Å². The predicted octanol–water partition coefficient (Wildman–Crippen LogP) is 3.82. The Morgan fingerprint density at radius 1 is 0.885 bits per heavy atom. The average molecular weight is 365 g/mol. The highest BCUT2D eigenvalue weighted by Crippen LogP contribution is 2.19. The lowest BCUT2D eigenvalue weighted by atomic mass is 10.0. The molecule has 1 aromatic heterocycles. The van der Waals surface area contributed by atoms with E-state index in [1.165, 1.54) is 0 Å². The van der Waals surface area contributed by atoms with Gasteiger partial charge in [0, 0.05) is 4.88 Å². The van der Waals surface area contributed by atoms with Gasteiger partial charge in [0.05, 0.1) is 13.0 Å². The van der Waals surface area contributed by atoms with Gasteiger partial charge in [-0.1, -0.05) is 60.7 Å². The number of esters is 1. The van der Waals surface area contributed by atoms with E-state index in [0.29, 0.717) is 6.54 Å². The average Bonchev–Trinajstić information content (AvgIpc) is 3.20. The Morgan fingerprint density at radius 3 is 2.31 bits per heavy atom. The number of nitrogens with one attached hydrogen (secondary N) is 1. The molecule has 0 aliphatic heterocycles. The Kier molecular flexibility index (Phi) is 6.17. The lowest BCUT2D eigenvalue weighted by Gasteiger charge is -2.07. The van der Waals surface area contributed by atoms with E-state index in [1.807, 2.05) is 72.1 Å². The van der Waals surface area contributed by atoms with Crippen LogP contribution in [-0.2, 0) is 27.3 Å². The van der Waals surface area contributed by atoms with Crippen molar-refractivity contribution in [3.05, 3.63) is 82.6 Å². The van der Waals surface area contributed by atoms with Gasteiger partial charge in [0.15, 0.2) is 6.61 Å². The van der Waals surface area contributed by atoms with Crippen LogP contribution >= 0.6 is 11.3 Å². The maximum Gasteiger partial charge on any atom is 0.310 e. The highest BCUT2D eigenvalue weighted by Gasteiger charge is 2.09. The van der Waals surface area contributed by atoms with Crippen LogP contribution in [0.3, 0.4) is 0 Å². The van der Waals surface area contributed by atoms with Gasteiger partial charge in [0.2, 0.25) is 0 Å². The Balaban J connectivity index is 1.43. The lowest BCUT2D eigenvalue weighted by Crippen LogP contribution is -2.28. The second kappa shape index (κ2) is 8.97. The normalized spacial score (nSPS) is 10.3. The predicted molar refractivity (Wildman–Crippen MR) is 103 cm³/mol. The van der Waals surface area contributed by atoms with Gasteiger partial charge in [0.25, 0.3) is 5.91 Å². The summed E-state index contributed by atoms with van der Waals surface area (Å²) in [5, 5.41) is 4.67. The first-order chi connectivity index (χ1) is 12.7. The van der Waals surface area contributed by atoms with E-state index in [2.05, 4.69) is 5.32 Å². The van der Waals surface area contributed by atoms with Crippen LogP contribution < -0.4 is 5.32 Å². The summed E-state index contributed by atoms with van der Waals surface area (Å²) in [5.41, 5.74) is 3.08. The highest BCUT2D eigenvalue weighted by atomic mass is 32.1. The standard InChI is InChI=1S/C21H19NO3S/c23-20(22-14-19-7-4-12-26-19)15-25-21(24)13-16-8-10-18(11-9-16)17-5-2-1-3-6-17/h1-12H,13-15H2,(H,22,23). The number of rotatable bonds is 7. The minimum atomic E-state index is -0.413. The van der Waals surface area contributed by atoms with Crippen LogP contribution in [-0.4, -0.2) is 18.5 Å². The highest BCUT2D eigenvalue weighted by molar-refractivity contribution is 7.09. The molecule has 0 atom stereocenters. The van der Waals surface area contributed by atoms with Crippen molar-refractivity contribution in [3.63, 3.8) is 0 Å². The fourth-order valence-corrected chi connectivity index (χ4v) is 3.10. The van der Waals surface area contributed by atoms with E-state index < -0.39 is 5.97 Å². The maximum absolute atomic E-state index is 11.9. The van der Waals surface area contributed by atoms with Crippen molar-refractivity contribution in [2.45, 2.75) is 13.0 Å². The Bertz CT molecular complexity index is 843. The molecule has 26 heavy (non-hydrogen) atoms. The van der Waals surface area contributed by atoms with Gasteiger partial charge in [0.1, 0.15) is 0 Å². The molecule has 0 unspecified atom stereocenters. The molecule has 0 fully saturated rings. The molecule has 0 radical (unpaired) electrons. The maximum atomic E-state index is 11.9. The minimum Gasteiger partial charge on any atom is -0.455 e. The fourth-order valence-electron chi connectivity index (χ4n) is 2.46. The van der Waals surface area contributed by atoms with Crippen molar-refractivity contribution in [2.75, 3.05) is 6.61 Å². The Labute approximate surface area is 156 Å². The van der Waals surface area contributed by atoms with Crippen molar-refractivity contribution in [3.8, 4) is 11.1 Å². The van der Waals surface area contributed by atoms with E-state index in [4.69, 9.17) is 4.74 Å². The molecule has 0 aliphatic rings. The molecule has 0 saturated carbocycles. The monoisotopic (exact) mass is 365 g/mol. The number of carbonyl (C=O) groups excluding carboxylic acids is 2. The lowest BCUT2D eigenvalue weighted by molar-refractivity contribution is -0.147. The summed E-state index contributed by atoms with van der Waals surface area (Å²) in [7, 11) is 0. The van der Waals surface area contributed by atoms with Crippen LogP contribution in [0.25, 0.3) is 11.1 Å². The van der Waals surface area contributed by atoms with Crippen LogP contribution in [0.2, 0.25) is 0 Å². The number of thiophene rings is 1. The van der Waals surface area contributed by atoms with Crippen molar-refractivity contribution >= 4 is 23.2 Å². The van der Waals surface area contributed by atoms with Crippen LogP contribution in [0.4, 0.5) is 0 Å². The third kappa shape index (κ3) is 5.29. The molecule has 1 heterocycles. The van der Waals surface area contributed by atoms with Gasteiger partial charge in [-0.25, -0.2) is 0 Å². The van der Waals surface area contributed by atoms with Crippen LogP contribution in [0.15, 0.2) is 72.1 Å². The zero-order valence-electron chi connectivity index (χ0n) is 14.2. The molecular formula is C21H19NO3S. The molecule has 3 aromatic rings. The zero-order valence-corrected chi connectivity index (χ0v) is 15.0. The molecule has 5 heteroatoms. The van der Waals surface area contributed by atoms with Crippen LogP contribution in [0, 0.1) is 0 Å². The van der Waals surface area contributed by atoms with E-state index in [9.17, 15) is 9.59 Å². The molecule has 132 valence electrons. The Hall–Kier alpha value is -2.92. The minimum absolute atomic E-state index is 0.146. The van der Waals surface area contributed by atoms with Crippen molar-refractivity contribution < 1.29 is 14.3 Å². The van der Waals surface area contributed by atoms with Gasteiger partial charge < -0.3 is 10.1 Å². The first-order valence-electron chi connectivity index (χ1n) is 8.30. The smallest absolute Gasteiger partial charge is 0.310 e. The Morgan fingerprint density at radius 2 is 1.62 bits per heavy atom. The molecule has 0 saturated heterocycles. The molecule has 0 aliphatic carbocycles. The fraction of sp³-hybridized carbons (Fsp3) is 0.143. The van der Waals surface area contributed by atoms with E-state index in [1.54, 1.807) is 11.3 Å². The summed E-state index contributed by atoms with van der Waals surface area (Å²) in [6.45, 7) is 0.196. The molecule has 0 spiro atoms. The quantitative estimate of drug-likeness (QED) is 0.648. The first kappa shape index (κ1) is 17.9. The van der Waals surface area contributed by atoms with Gasteiger partial charge >= 0.3 is 5.97 Å². The second-order valence-corrected chi connectivity index (χ2v) is 6.79. The zero-order chi connectivity index (χ0) is 18.2. The molecule has 0 bridgehead atoms. The van der Waals surface area contributed by atoms with E-state index >= 15 is 0 Å². The summed E-state index contributed by atoms with van der Waals surface area (Å²) < 4.78 is 5.04. The van der Waals surface area contributed by atoms with Crippen molar-refractivity contribution in [2.24, 2.45) is 0 Å². The van der Waals surface area contributed by atoms with Crippen molar-refractivity contribution in [1.82, 2.24) is 5.32 Å². The number of amides is 1. The van der Waals surface area contributed by atoms with Gasteiger partial charge in [-0.15, -0.1) is 11.3 Å². The summed E-state index contributed by atoms with van der Waals surface area (Å²) in [6, 6.07) is 21.7. The molecule has 3 rings (SSSR count). The summed E-state index contributed by atoms with van der Waals surface area (Å²) in [6.07, 6.45) is 0.146. The van der Waals surface area contributed by atoms with Crippen LogP contribution in [0.1, 0.15) is 10.4 Å². The molecular weight excluding hydrogens is 346 g/mol. The number of carbonyl (C=O) groups is 2. The largest absolute Gasteiger partial charge is 0.455 e. The molecule has 4 nitrogen and oxygen atoms in total. The van der Waals surface area contributed by atoms with E-state index in [0.717, 1.165) is 21.6 Å². The number of hydrogen-bond donors (Lipinski definition) is 1. The first-order valence-corrected chi connectivity index (χ1v) is 9.18. The third-order valence-electron chi connectivity index (χ3n) is 3.81. The summed E-state index contributed by atoms with van der Waals surface area (Å²) >= 11 is 1.57. The molecule has 2 aromatic carbocycles. The number of hydrogen-bond acceptors (Lipinski definition) is 4. The SMILES string of the molecule is O=C(COC(=O)Cc1ccc(-c2ccccc2)cc1)NCc1cccs1. The van der Waals surface area contributed by atoms with Gasteiger partial charge in [-0.2, -0.15) is 0 Å².